The first-order valence-electron chi connectivity index (χ1n) is 9.69. The predicted molar refractivity (Wildman–Crippen MR) is 118 cm³/mol. The first kappa shape index (κ1) is 27.1. The zero-order valence-corrected chi connectivity index (χ0v) is 18.5. The molecular formula is C21H35N5O4. The molecule has 9 heteroatoms. The molecule has 0 aliphatic carbocycles. The van der Waals surface area contributed by atoms with Gasteiger partial charge in [-0.3, -0.25) is 4.79 Å². The number of carbonyl (C=O) groups excluding carboxylic acids is 1. The molecule has 0 aliphatic heterocycles. The third-order valence-corrected chi connectivity index (χ3v) is 3.90. The molecule has 0 fully saturated rings. The number of nitrogens with two attached hydrogens (primary N) is 2. The lowest BCUT2D eigenvalue weighted by molar-refractivity contribution is -0.122. The number of hydrazine groups is 1. The predicted octanol–water partition coefficient (Wildman–Crippen LogP) is 2.44. The average Bonchev–Trinajstić information content (AvgIpc) is 3.08. The Kier molecular flexibility index (Phi) is 13.5. The second-order valence-electron chi connectivity index (χ2n) is 6.85. The van der Waals surface area contributed by atoms with Crippen LogP contribution in [0.1, 0.15) is 56.9 Å². The second-order valence-corrected chi connectivity index (χ2v) is 6.85. The summed E-state index contributed by atoms with van der Waals surface area (Å²) in [5.74, 6) is 6.32. The molecule has 0 bridgehead atoms. The van der Waals surface area contributed by atoms with Gasteiger partial charge in [0.15, 0.2) is 0 Å². The number of carboxylic acid groups (broad SMARTS) is 1. The molecule has 0 saturated carbocycles. The van der Waals surface area contributed by atoms with E-state index in [1.54, 1.807) is 20.2 Å². The third kappa shape index (κ3) is 10.0. The highest BCUT2D eigenvalue weighted by molar-refractivity contribution is 5.55. The maximum Gasteiger partial charge on any atom is 0.290 e. The van der Waals surface area contributed by atoms with E-state index in [2.05, 4.69) is 35.8 Å². The number of aryl methyl sites for hydroxylation is 1. The van der Waals surface area contributed by atoms with Gasteiger partial charge in [0, 0.05) is 44.4 Å². The van der Waals surface area contributed by atoms with E-state index in [0.29, 0.717) is 31.0 Å². The van der Waals surface area contributed by atoms with Gasteiger partial charge in [-0.25, -0.2) is 10.8 Å². The number of allylic oxidation sites excluding steroid dienone is 1. The van der Waals surface area contributed by atoms with Crippen LogP contribution < -0.4 is 11.6 Å². The smallest absolute Gasteiger partial charge is 0.290 e. The van der Waals surface area contributed by atoms with Crippen LogP contribution in [0.5, 0.6) is 0 Å². The molecule has 0 aliphatic rings. The Morgan fingerprint density at radius 2 is 1.97 bits per heavy atom. The Balaban J connectivity index is 0.00000105. The van der Waals surface area contributed by atoms with Crippen LogP contribution in [0.15, 0.2) is 30.4 Å². The van der Waals surface area contributed by atoms with Gasteiger partial charge in [-0.1, -0.05) is 19.9 Å². The molecule has 2 aromatic rings. The zero-order chi connectivity index (χ0) is 23.1. The molecule has 0 spiro atoms. The Morgan fingerprint density at radius 3 is 2.43 bits per heavy atom. The molecule has 0 radical (unpaired) electrons. The molecule has 0 aromatic carbocycles. The molecule has 2 aromatic heterocycles. The van der Waals surface area contributed by atoms with Gasteiger partial charge in [-0.2, -0.15) is 0 Å². The lowest BCUT2D eigenvalue weighted by atomic mass is 10.0. The average molecular weight is 422 g/mol. The SMILES string of the molecule is C/C(N)=C/N(N)Cc1cn2cc(C(C)C)cc(CCC=O)c2n1.CCOC.O=CO. The first-order valence-corrected chi connectivity index (χ1v) is 9.69. The van der Waals surface area contributed by atoms with Crippen LogP contribution in [0.4, 0.5) is 0 Å². The molecule has 0 amide bonds. The van der Waals surface area contributed by atoms with E-state index in [4.69, 9.17) is 21.5 Å². The fraction of sp³-hybridized carbons (Fsp3) is 0.476. The fourth-order valence-electron chi connectivity index (χ4n) is 2.53. The van der Waals surface area contributed by atoms with Gasteiger partial charge < -0.3 is 29.8 Å². The molecule has 0 unspecified atom stereocenters. The molecule has 2 rings (SSSR count). The van der Waals surface area contributed by atoms with Crippen molar-refractivity contribution in [2.45, 2.75) is 53.0 Å². The number of nitrogens with zero attached hydrogens (tertiary/aromatic N) is 3. The van der Waals surface area contributed by atoms with Gasteiger partial charge in [-0.15, -0.1) is 0 Å². The van der Waals surface area contributed by atoms with Crippen molar-refractivity contribution in [2.75, 3.05) is 13.7 Å². The van der Waals surface area contributed by atoms with Crippen molar-refractivity contribution >= 4 is 18.4 Å². The summed E-state index contributed by atoms with van der Waals surface area (Å²) >= 11 is 0. The summed E-state index contributed by atoms with van der Waals surface area (Å²) < 4.78 is 6.57. The number of aromatic nitrogens is 2. The number of fused-ring (bicyclic) bond motifs is 1. The van der Waals surface area contributed by atoms with Crippen LogP contribution in [0.25, 0.3) is 5.65 Å². The number of rotatable bonds is 8. The van der Waals surface area contributed by atoms with Gasteiger partial charge in [0.25, 0.3) is 6.47 Å². The molecule has 168 valence electrons. The Labute approximate surface area is 178 Å². The molecular weight excluding hydrogens is 386 g/mol. The van der Waals surface area contributed by atoms with Crippen LogP contribution in [0.3, 0.4) is 0 Å². The summed E-state index contributed by atoms with van der Waals surface area (Å²) in [6.45, 7) is 9.09. The molecule has 5 N–H and O–H groups in total. The topological polar surface area (TPSA) is 136 Å². The standard InChI is InChI=1S/C17H25N5O.C3H8O.CH2O2/c1-12(2)15-7-14(5-4-6-23)17-20-16(10-21(17)9-15)11-22(19)8-13(3)18;1-3-4-2;2-1-3/h6-10,12H,4-5,11,18-19H2,1-3H3;3H2,1-2H3;1H,(H,2,3)/b13-8-;;. The van der Waals surface area contributed by atoms with Gasteiger partial charge >= 0.3 is 0 Å². The van der Waals surface area contributed by atoms with Crippen LogP contribution >= 0.6 is 0 Å². The number of hydrogen-bond acceptors (Lipinski definition) is 7. The van der Waals surface area contributed by atoms with E-state index >= 15 is 0 Å². The van der Waals surface area contributed by atoms with Crippen molar-refractivity contribution in [1.29, 1.82) is 0 Å². The summed E-state index contributed by atoms with van der Waals surface area (Å²) in [4.78, 5) is 23.7. The number of methoxy groups -OCH3 is 1. The van der Waals surface area contributed by atoms with Crippen LogP contribution in [-0.4, -0.2) is 46.0 Å². The maximum absolute atomic E-state index is 10.7. The van der Waals surface area contributed by atoms with Crippen LogP contribution in [0, 0.1) is 0 Å². The summed E-state index contributed by atoms with van der Waals surface area (Å²) in [5, 5.41) is 8.41. The molecule has 2 heterocycles. The third-order valence-electron chi connectivity index (χ3n) is 3.90. The van der Waals surface area contributed by atoms with Crippen LogP contribution in [0.2, 0.25) is 0 Å². The quantitative estimate of drug-likeness (QED) is 0.336. The van der Waals surface area contributed by atoms with E-state index in [-0.39, 0.29) is 6.47 Å². The minimum Gasteiger partial charge on any atom is -0.483 e. The number of pyridine rings is 1. The number of carbonyl (C=O) groups is 2. The molecule has 0 saturated heterocycles. The van der Waals surface area contributed by atoms with Crippen molar-refractivity contribution in [3.8, 4) is 0 Å². The molecule has 0 atom stereocenters. The van der Waals surface area contributed by atoms with Gasteiger partial charge in [-0.05, 0) is 37.3 Å². The van der Waals surface area contributed by atoms with E-state index in [1.165, 1.54) is 10.6 Å². The van der Waals surface area contributed by atoms with Crippen molar-refractivity contribution in [3.05, 3.63) is 47.2 Å². The Morgan fingerprint density at radius 1 is 1.37 bits per heavy atom. The Hall–Kier alpha value is -2.91. The normalized spacial score (nSPS) is 10.7. The molecule has 30 heavy (non-hydrogen) atoms. The number of aldehydes is 1. The van der Waals surface area contributed by atoms with Gasteiger partial charge in [0.05, 0.1) is 12.2 Å². The van der Waals surface area contributed by atoms with Crippen LogP contribution in [-0.2, 0) is 27.3 Å². The van der Waals surface area contributed by atoms with Gasteiger partial charge in [0.2, 0.25) is 0 Å². The second kappa shape index (κ2) is 15.0. The van der Waals surface area contributed by atoms with Crippen molar-refractivity contribution in [1.82, 2.24) is 14.4 Å². The largest absolute Gasteiger partial charge is 0.483 e. The van der Waals surface area contributed by atoms with E-state index in [9.17, 15) is 4.79 Å². The number of ether oxygens (including phenoxy) is 1. The minimum atomic E-state index is -0.250. The summed E-state index contributed by atoms with van der Waals surface area (Å²) in [7, 11) is 1.68. The fourth-order valence-corrected chi connectivity index (χ4v) is 2.53. The van der Waals surface area contributed by atoms with E-state index < -0.39 is 0 Å². The van der Waals surface area contributed by atoms with Crippen molar-refractivity contribution in [3.63, 3.8) is 0 Å². The lowest BCUT2D eigenvalue weighted by Crippen LogP contribution is -2.25. The summed E-state index contributed by atoms with van der Waals surface area (Å²) in [6.07, 6.45) is 7.88. The Bertz CT molecular complexity index is 796. The highest BCUT2D eigenvalue weighted by Gasteiger charge is 2.11. The monoisotopic (exact) mass is 421 g/mol. The zero-order valence-electron chi connectivity index (χ0n) is 18.5. The number of hydrogen-bond donors (Lipinski definition) is 3. The number of imidazole rings is 1. The highest BCUT2D eigenvalue weighted by Crippen LogP contribution is 2.21. The summed E-state index contributed by atoms with van der Waals surface area (Å²) in [5.41, 5.74) is 10.3. The van der Waals surface area contributed by atoms with Crippen molar-refractivity contribution in [2.24, 2.45) is 11.6 Å². The first-order chi connectivity index (χ1) is 14.2. The van der Waals surface area contributed by atoms with E-state index in [0.717, 1.165) is 29.8 Å². The highest BCUT2D eigenvalue weighted by atomic mass is 16.5. The van der Waals surface area contributed by atoms with Gasteiger partial charge in [0.1, 0.15) is 11.9 Å². The summed E-state index contributed by atoms with van der Waals surface area (Å²) in [6, 6.07) is 2.14. The maximum atomic E-state index is 10.7. The lowest BCUT2D eigenvalue weighted by Gasteiger charge is -2.11. The van der Waals surface area contributed by atoms with Crippen molar-refractivity contribution < 1.29 is 19.4 Å². The molecule has 9 nitrogen and oxygen atoms in total. The van der Waals surface area contributed by atoms with E-state index in [1.807, 2.05) is 17.5 Å². The minimum absolute atomic E-state index is 0.250.